The molecule has 0 aliphatic rings. The molecule has 0 aromatic heterocycles. The van der Waals surface area contributed by atoms with Crippen LogP contribution in [0.2, 0.25) is 0 Å². The van der Waals surface area contributed by atoms with Crippen LogP contribution in [0, 0.1) is 10.1 Å². The third-order valence-corrected chi connectivity index (χ3v) is 2.09. The van der Waals surface area contributed by atoms with Gasteiger partial charge in [0.25, 0.3) is 5.69 Å². The largest absolute Gasteiger partial charge is 0.494 e. The van der Waals surface area contributed by atoms with E-state index in [0.29, 0.717) is 18.0 Å². The highest BCUT2D eigenvalue weighted by molar-refractivity contribution is 5.64. The summed E-state index contributed by atoms with van der Waals surface area (Å²) in [7, 11) is 0. The van der Waals surface area contributed by atoms with Gasteiger partial charge in [0.1, 0.15) is 12.4 Å². The van der Waals surface area contributed by atoms with Gasteiger partial charge in [-0.15, -0.1) is 0 Å². The van der Waals surface area contributed by atoms with Gasteiger partial charge in [0.2, 0.25) is 0 Å². The minimum Gasteiger partial charge on any atom is -0.494 e. The summed E-state index contributed by atoms with van der Waals surface area (Å²) >= 11 is 0. The molecule has 1 rings (SSSR count). The molecule has 0 atom stereocenters. The zero-order chi connectivity index (χ0) is 14.3. The van der Waals surface area contributed by atoms with Gasteiger partial charge >= 0.3 is 6.09 Å². The van der Waals surface area contributed by atoms with Crippen LogP contribution in [0.25, 0.3) is 0 Å². The van der Waals surface area contributed by atoms with Crippen molar-refractivity contribution < 1.29 is 19.2 Å². The first kappa shape index (κ1) is 14.6. The minimum absolute atomic E-state index is 0.0714. The Kier molecular flexibility index (Phi) is 5.39. The molecule has 1 aromatic carbocycles. The maximum Gasteiger partial charge on any atom is 0.404 e. The second-order valence-corrected chi connectivity index (χ2v) is 3.50. The van der Waals surface area contributed by atoms with Crippen molar-refractivity contribution in [1.29, 1.82) is 0 Å². The van der Waals surface area contributed by atoms with Crippen molar-refractivity contribution in [2.24, 2.45) is 5.73 Å². The van der Waals surface area contributed by atoms with Crippen LogP contribution in [0.5, 0.6) is 5.75 Å². The Morgan fingerprint density at radius 1 is 1.47 bits per heavy atom. The lowest BCUT2D eigenvalue weighted by Gasteiger charge is -2.09. The summed E-state index contributed by atoms with van der Waals surface area (Å²) in [6, 6.07) is 4.34. The molecule has 0 spiro atoms. The summed E-state index contributed by atoms with van der Waals surface area (Å²) < 4.78 is 9.76. The number of non-ortho nitro benzene ring substituents is 1. The number of nitrogens with zero attached hydrogens (tertiary/aromatic N) is 1. The zero-order valence-corrected chi connectivity index (χ0v) is 10.4. The zero-order valence-electron chi connectivity index (χ0n) is 10.4. The number of nitrogens with one attached hydrogen (secondary N) is 1. The quantitative estimate of drug-likeness (QED) is 0.440. The van der Waals surface area contributed by atoms with Crippen molar-refractivity contribution in [2.75, 3.05) is 25.1 Å². The topological polar surface area (TPSA) is 117 Å². The summed E-state index contributed by atoms with van der Waals surface area (Å²) in [4.78, 5) is 20.6. The molecule has 0 fully saturated rings. The minimum atomic E-state index is -0.865. The summed E-state index contributed by atoms with van der Waals surface area (Å²) in [5.74, 6) is 0.398. The van der Waals surface area contributed by atoms with Gasteiger partial charge in [-0.1, -0.05) is 0 Å². The molecule has 8 nitrogen and oxygen atoms in total. The predicted molar refractivity (Wildman–Crippen MR) is 68.3 cm³/mol. The van der Waals surface area contributed by atoms with Gasteiger partial charge < -0.3 is 20.5 Å². The SMILES string of the molecule is CCOc1cc(NCCOC(N)=O)cc([N+](=O)[O-])c1. The Morgan fingerprint density at radius 3 is 2.79 bits per heavy atom. The Bertz CT molecular complexity index is 464. The van der Waals surface area contributed by atoms with Crippen molar-refractivity contribution in [1.82, 2.24) is 0 Å². The number of carbonyl (C=O) groups excluding carboxylic acids is 1. The smallest absolute Gasteiger partial charge is 0.404 e. The van der Waals surface area contributed by atoms with Crippen LogP contribution in [0.1, 0.15) is 6.92 Å². The van der Waals surface area contributed by atoms with E-state index in [1.165, 1.54) is 12.1 Å². The van der Waals surface area contributed by atoms with Crippen LogP contribution in [-0.4, -0.2) is 30.8 Å². The number of carbonyl (C=O) groups is 1. The third kappa shape index (κ3) is 5.11. The van der Waals surface area contributed by atoms with Gasteiger partial charge in [0.05, 0.1) is 17.6 Å². The van der Waals surface area contributed by atoms with Gasteiger partial charge in [-0.2, -0.15) is 0 Å². The van der Waals surface area contributed by atoms with Gasteiger partial charge in [0, 0.05) is 24.4 Å². The van der Waals surface area contributed by atoms with E-state index in [-0.39, 0.29) is 18.8 Å². The molecule has 0 aliphatic heterocycles. The normalized spacial score (nSPS) is 9.74. The Hall–Kier alpha value is -2.51. The molecule has 1 aromatic rings. The molecule has 0 heterocycles. The molecule has 0 saturated heterocycles. The predicted octanol–water partition coefficient (Wildman–Crippen LogP) is 1.50. The first-order chi connectivity index (χ1) is 9.02. The average molecular weight is 269 g/mol. The average Bonchev–Trinajstić information content (AvgIpc) is 2.34. The van der Waals surface area contributed by atoms with Crippen molar-refractivity contribution in [2.45, 2.75) is 6.92 Å². The summed E-state index contributed by atoms with van der Waals surface area (Å²) in [6.45, 7) is 2.55. The summed E-state index contributed by atoms with van der Waals surface area (Å²) in [6.07, 6.45) is -0.865. The van der Waals surface area contributed by atoms with Gasteiger partial charge in [-0.25, -0.2) is 4.79 Å². The molecule has 104 valence electrons. The van der Waals surface area contributed by atoms with E-state index >= 15 is 0 Å². The number of nitrogens with two attached hydrogens (primary N) is 1. The second-order valence-electron chi connectivity index (χ2n) is 3.50. The molecule has 3 N–H and O–H groups in total. The van der Waals surface area contributed by atoms with E-state index in [9.17, 15) is 14.9 Å². The van der Waals surface area contributed by atoms with Crippen molar-refractivity contribution in [3.8, 4) is 5.75 Å². The molecule has 1 amide bonds. The molecular formula is C11H15N3O5. The number of hydrogen-bond donors (Lipinski definition) is 2. The molecule has 19 heavy (non-hydrogen) atoms. The van der Waals surface area contributed by atoms with Crippen LogP contribution in [-0.2, 0) is 4.74 Å². The molecule has 8 heteroatoms. The fraction of sp³-hybridized carbons (Fsp3) is 0.364. The molecule has 0 saturated carbocycles. The number of primary amides is 1. The number of anilines is 1. The van der Waals surface area contributed by atoms with E-state index in [1.54, 1.807) is 13.0 Å². The molecular weight excluding hydrogens is 254 g/mol. The van der Waals surface area contributed by atoms with Gasteiger partial charge in [-0.3, -0.25) is 10.1 Å². The van der Waals surface area contributed by atoms with Crippen LogP contribution in [0.15, 0.2) is 18.2 Å². The van der Waals surface area contributed by atoms with Crippen molar-refractivity contribution in [3.63, 3.8) is 0 Å². The third-order valence-electron chi connectivity index (χ3n) is 2.09. The second kappa shape index (κ2) is 7.04. The number of rotatable bonds is 7. The Labute approximate surface area is 109 Å². The van der Waals surface area contributed by atoms with Gasteiger partial charge in [-0.05, 0) is 6.92 Å². The van der Waals surface area contributed by atoms with Gasteiger partial charge in [0.15, 0.2) is 0 Å². The summed E-state index contributed by atoms with van der Waals surface area (Å²) in [5.41, 5.74) is 5.23. The van der Waals surface area contributed by atoms with Crippen LogP contribution in [0.4, 0.5) is 16.2 Å². The van der Waals surface area contributed by atoms with Crippen LogP contribution >= 0.6 is 0 Å². The van der Waals surface area contributed by atoms with Crippen LogP contribution in [0.3, 0.4) is 0 Å². The van der Waals surface area contributed by atoms with Crippen LogP contribution < -0.4 is 15.8 Å². The number of ether oxygens (including phenoxy) is 2. The monoisotopic (exact) mass is 269 g/mol. The molecule has 0 bridgehead atoms. The lowest BCUT2D eigenvalue weighted by molar-refractivity contribution is -0.384. The van der Waals surface area contributed by atoms with Crippen molar-refractivity contribution in [3.05, 3.63) is 28.3 Å². The van der Waals surface area contributed by atoms with E-state index in [1.807, 2.05) is 0 Å². The number of hydrogen-bond acceptors (Lipinski definition) is 6. The first-order valence-corrected chi connectivity index (χ1v) is 5.61. The Balaban J connectivity index is 2.70. The maximum atomic E-state index is 10.8. The lowest BCUT2D eigenvalue weighted by Crippen LogP contribution is -2.18. The van der Waals surface area contributed by atoms with E-state index in [4.69, 9.17) is 10.5 Å². The standard InChI is InChI=1S/C11H15N3O5/c1-2-18-10-6-8(5-9(7-10)14(16)17)13-3-4-19-11(12)15/h5-7,13H,2-4H2,1H3,(H2,12,15). The Morgan fingerprint density at radius 2 is 2.21 bits per heavy atom. The molecule has 0 radical (unpaired) electrons. The number of nitro benzene ring substituents is 1. The first-order valence-electron chi connectivity index (χ1n) is 5.61. The summed E-state index contributed by atoms with van der Waals surface area (Å²) in [5, 5.41) is 13.6. The highest BCUT2D eigenvalue weighted by Crippen LogP contribution is 2.25. The maximum absolute atomic E-state index is 10.8. The fourth-order valence-corrected chi connectivity index (χ4v) is 1.39. The highest BCUT2D eigenvalue weighted by Gasteiger charge is 2.10. The number of benzene rings is 1. The fourth-order valence-electron chi connectivity index (χ4n) is 1.39. The molecule has 0 unspecified atom stereocenters. The van der Waals surface area contributed by atoms with E-state index in [2.05, 4.69) is 10.1 Å². The van der Waals surface area contributed by atoms with Crippen molar-refractivity contribution >= 4 is 17.5 Å². The lowest BCUT2D eigenvalue weighted by atomic mass is 10.2. The van der Waals surface area contributed by atoms with E-state index in [0.717, 1.165) is 0 Å². The molecule has 0 aliphatic carbocycles. The number of amides is 1. The number of nitro groups is 1. The van der Waals surface area contributed by atoms with E-state index < -0.39 is 11.0 Å². The highest BCUT2D eigenvalue weighted by atomic mass is 16.6.